The standard InChI is InChI=1S/C12H11ClN4S/c1-7(8-2-4-9(13)5-3-8)16-12-10(6-14)11(15)17-18-12/h2-5,7,16H,1H3,(H2,15,17). The smallest absolute Gasteiger partial charge is 0.157 e. The number of nitrogens with one attached hydrogen (secondary N) is 1. The highest BCUT2D eigenvalue weighted by Crippen LogP contribution is 2.29. The van der Waals surface area contributed by atoms with E-state index in [0.29, 0.717) is 15.6 Å². The Morgan fingerprint density at radius 3 is 2.72 bits per heavy atom. The molecular formula is C12H11ClN4S. The summed E-state index contributed by atoms with van der Waals surface area (Å²) in [7, 11) is 0. The molecule has 2 rings (SSSR count). The number of nitriles is 1. The maximum Gasteiger partial charge on any atom is 0.157 e. The first-order valence-corrected chi connectivity index (χ1v) is 6.44. The summed E-state index contributed by atoms with van der Waals surface area (Å²) in [6.45, 7) is 2.00. The van der Waals surface area contributed by atoms with Gasteiger partial charge in [-0.05, 0) is 36.2 Å². The van der Waals surface area contributed by atoms with E-state index in [1.807, 2.05) is 37.3 Å². The molecule has 0 spiro atoms. The molecule has 0 aliphatic rings. The van der Waals surface area contributed by atoms with Crippen LogP contribution < -0.4 is 11.1 Å². The molecule has 0 bridgehead atoms. The molecule has 1 atom stereocenters. The van der Waals surface area contributed by atoms with E-state index >= 15 is 0 Å². The van der Waals surface area contributed by atoms with Crippen LogP contribution in [0.15, 0.2) is 24.3 Å². The second-order valence-corrected chi connectivity index (χ2v) is 5.01. The Kier molecular flexibility index (Phi) is 3.70. The Labute approximate surface area is 114 Å². The molecule has 1 aromatic carbocycles. The third-order valence-electron chi connectivity index (χ3n) is 2.55. The number of anilines is 2. The van der Waals surface area contributed by atoms with Gasteiger partial charge in [-0.2, -0.15) is 9.64 Å². The van der Waals surface area contributed by atoms with E-state index in [0.717, 1.165) is 5.56 Å². The van der Waals surface area contributed by atoms with Gasteiger partial charge in [-0.1, -0.05) is 23.7 Å². The van der Waals surface area contributed by atoms with E-state index in [9.17, 15) is 0 Å². The fourth-order valence-electron chi connectivity index (χ4n) is 1.54. The topological polar surface area (TPSA) is 74.7 Å². The van der Waals surface area contributed by atoms with Crippen molar-refractivity contribution in [2.75, 3.05) is 11.1 Å². The van der Waals surface area contributed by atoms with Crippen LogP contribution in [0.3, 0.4) is 0 Å². The second kappa shape index (κ2) is 5.25. The fraction of sp³-hybridized carbons (Fsp3) is 0.167. The van der Waals surface area contributed by atoms with E-state index in [1.54, 1.807) is 0 Å². The van der Waals surface area contributed by atoms with Crippen LogP contribution in [-0.2, 0) is 0 Å². The molecule has 0 aliphatic heterocycles. The van der Waals surface area contributed by atoms with E-state index in [1.165, 1.54) is 11.5 Å². The zero-order chi connectivity index (χ0) is 13.1. The Bertz CT molecular complexity index is 585. The zero-order valence-corrected chi connectivity index (χ0v) is 11.2. The minimum Gasteiger partial charge on any atom is -0.382 e. The van der Waals surface area contributed by atoms with Crippen molar-refractivity contribution in [1.82, 2.24) is 4.37 Å². The van der Waals surface area contributed by atoms with Gasteiger partial charge in [0.05, 0.1) is 0 Å². The van der Waals surface area contributed by atoms with Crippen molar-refractivity contribution < 1.29 is 0 Å². The van der Waals surface area contributed by atoms with Crippen molar-refractivity contribution in [3.63, 3.8) is 0 Å². The van der Waals surface area contributed by atoms with E-state index in [2.05, 4.69) is 9.69 Å². The third kappa shape index (κ3) is 2.55. The Balaban J connectivity index is 2.19. The van der Waals surface area contributed by atoms with E-state index in [-0.39, 0.29) is 11.9 Å². The monoisotopic (exact) mass is 278 g/mol. The molecule has 1 unspecified atom stereocenters. The molecule has 0 saturated heterocycles. The minimum absolute atomic E-state index is 0.0502. The number of benzene rings is 1. The fourth-order valence-corrected chi connectivity index (χ4v) is 2.42. The maximum atomic E-state index is 8.99. The molecule has 6 heteroatoms. The first kappa shape index (κ1) is 12.7. The lowest BCUT2D eigenvalue weighted by Gasteiger charge is -2.14. The molecule has 1 aromatic heterocycles. The number of halogens is 1. The van der Waals surface area contributed by atoms with Crippen molar-refractivity contribution in [3.8, 4) is 6.07 Å². The van der Waals surface area contributed by atoms with Gasteiger partial charge < -0.3 is 11.1 Å². The summed E-state index contributed by atoms with van der Waals surface area (Å²) in [5, 5.41) is 13.6. The van der Waals surface area contributed by atoms with Gasteiger partial charge in [-0.3, -0.25) is 0 Å². The predicted molar refractivity (Wildman–Crippen MR) is 74.7 cm³/mol. The average molecular weight is 279 g/mol. The summed E-state index contributed by atoms with van der Waals surface area (Å²) in [5.74, 6) is 0.272. The van der Waals surface area contributed by atoms with Gasteiger partial charge in [0.2, 0.25) is 0 Å². The Morgan fingerprint density at radius 1 is 1.44 bits per heavy atom. The summed E-state index contributed by atoms with van der Waals surface area (Å²) in [6, 6.07) is 9.65. The van der Waals surface area contributed by atoms with Crippen LogP contribution >= 0.6 is 23.1 Å². The molecule has 92 valence electrons. The Morgan fingerprint density at radius 2 is 2.11 bits per heavy atom. The largest absolute Gasteiger partial charge is 0.382 e. The lowest BCUT2D eigenvalue weighted by atomic mass is 10.1. The lowest BCUT2D eigenvalue weighted by molar-refractivity contribution is 0.889. The molecular weight excluding hydrogens is 268 g/mol. The van der Waals surface area contributed by atoms with Gasteiger partial charge in [0.15, 0.2) is 5.82 Å². The number of nitrogens with two attached hydrogens (primary N) is 1. The second-order valence-electron chi connectivity index (χ2n) is 3.80. The average Bonchev–Trinajstić information content (AvgIpc) is 2.70. The van der Waals surface area contributed by atoms with Crippen molar-refractivity contribution >= 4 is 34.0 Å². The quantitative estimate of drug-likeness (QED) is 0.902. The van der Waals surface area contributed by atoms with Gasteiger partial charge >= 0.3 is 0 Å². The predicted octanol–water partition coefficient (Wildman–Crippen LogP) is 3.42. The number of hydrogen-bond donors (Lipinski definition) is 2. The van der Waals surface area contributed by atoms with Crippen molar-refractivity contribution in [2.45, 2.75) is 13.0 Å². The van der Waals surface area contributed by atoms with Crippen molar-refractivity contribution in [3.05, 3.63) is 40.4 Å². The molecule has 0 fully saturated rings. The maximum absolute atomic E-state index is 8.99. The molecule has 0 saturated carbocycles. The highest BCUT2D eigenvalue weighted by atomic mass is 35.5. The van der Waals surface area contributed by atoms with Crippen LogP contribution in [-0.4, -0.2) is 4.37 Å². The van der Waals surface area contributed by atoms with Crippen LogP contribution in [0, 0.1) is 11.3 Å². The van der Waals surface area contributed by atoms with Crippen molar-refractivity contribution in [2.24, 2.45) is 0 Å². The molecule has 0 aliphatic carbocycles. The van der Waals surface area contributed by atoms with Gasteiger partial charge in [-0.15, -0.1) is 0 Å². The third-order valence-corrected chi connectivity index (χ3v) is 3.59. The summed E-state index contributed by atoms with van der Waals surface area (Å²) in [5.41, 5.74) is 7.09. The van der Waals surface area contributed by atoms with Crippen LogP contribution in [0.25, 0.3) is 0 Å². The molecule has 18 heavy (non-hydrogen) atoms. The van der Waals surface area contributed by atoms with Crippen LogP contribution in [0.5, 0.6) is 0 Å². The van der Waals surface area contributed by atoms with Gasteiger partial charge in [0.25, 0.3) is 0 Å². The highest BCUT2D eigenvalue weighted by molar-refractivity contribution is 7.10. The molecule has 2 aromatic rings. The van der Waals surface area contributed by atoms with E-state index < -0.39 is 0 Å². The minimum atomic E-state index is 0.0502. The molecule has 4 nitrogen and oxygen atoms in total. The number of aromatic nitrogens is 1. The van der Waals surface area contributed by atoms with Gasteiger partial charge in [0.1, 0.15) is 16.6 Å². The summed E-state index contributed by atoms with van der Waals surface area (Å²) >= 11 is 7.03. The molecule has 0 radical (unpaired) electrons. The van der Waals surface area contributed by atoms with Crippen LogP contribution in [0.4, 0.5) is 10.8 Å². The SMILES string of the molecule is CC(Nc1snc(N)c1C#N)c1ccc(Cl)cc1. The number of rotatable bonds is 3. The van der Waals surface area contributed by atoms with E-state index in [4.69, 9.17) is 22.6 Å². The van der Waals surface area contributed by atoms with Crippen molar-refractivity contribution in [1.29, 1.82) is 5.26 Å². The molecule has 1 heterocycles. The number of nitrogens with zero attached hydrogens (tertiary/aromatic N) is 2. The van der Waals surface area contributed by atoms with Crippen LogP contribution in [0.1, 0.15) is 24.1 Å². The van der Waals surface area contributed by atoms with Gasteiger partial charge in [0, 0.05) is 11.1 Å². The summed E-state index contributed by atoms with van der Waals surface area (Å²) < 4.78 is 3.96. The van der Waals surface area contributed by atoms with Gasteiger partial charge in [-0.25, -0.2) is 0 Å². The molecule has 3 N–H and O–H groups in total. The zero-order valence-electron chi connectivity index (χ0n) is 9.64. The lowest BCUT2D eigenvalue weighted by Crippen LogP contribution is -2.06. The Hall–Kier alpha value is -1.77. The normalized spacial score (nSPS) is 11.8. The summed E-state index contributed by atoms with van der Waals surface area (Å²) in [6.07, 6.45) is 0. The van der Waals surface area contributed by atoms with Crippen LogP contribution in [0.2, 0.25) is 5.02 Å². The summed E-state index contributed by atoms with van der Waals surface area (Å²) in [4.78, 5) is 0. The number of hydrogen-bond acceptors (Lipinski definition) is 5. The first-order chi connectivity index (χ1) is 8.61. The number of nitrogen functional groups attached to an aromatic ring is 1. The highest BCUT2D eigenvalue weighted by Gasteiger charge is 2.13. The molecule has 0 amide bonds. The first-order valence-electron chi connectivity index (χ1n) is 5.29.